The van der Waals surface area contributed by atoms with Gasteiger partial charge in [0.25, 0.3) is 5.56 Å². The summed E-state index contributed by atoms with van der Waals surface area (Å²) in [6, 6.07) is 10.2. The zero-order valence-corrected chi connectivity index (χ0v) is 20.2. The van der Waals surface area contributed by atoms with Gasteiger partial charge in [0.05, 0.1) is 28.8 Å². The first kappa shape index (κ1) is 21.7. The largest absolute Gasteiger partial charge is 0.453 e. The quantitative estimate of drug-likeness (QED) is 0.407. The predicted octanol–water partition coefficient (Wildman–Crippen LogP) is 5.30. The molecule has 3 aromatic heterocycles. The van der Waals surface area contributed by atoms with Gasteiger partial charge in [0.15, 0.2) is 10.2 Å². The SMILES string of the molecule is Cc1ccc2nc(Sc3ccc(CN4CCc5nc(C6CCCCC6)[nH]c(=O)c5C4)o3)[nH]c2c1. The van der Waals surface area contributed by atoms with Crippen molar-refractivity contribution in [2.24, 2.45) is 0 Å². The summed E-state index contributed by atoms with van der Waals surface area (Å²) in [5.74, 6) is 2.21. The number of H-pyrrole nitrogens is 2. The number of nitrogens with zero attached hydrogens (tertiary/aromatic N) is 3. The molecule has 4 heterocycles. The Bertz CT molecular complexity index is 1380. The lowest BCUT2D eigenvalue weighted by molar-refractivity contribution is 0.216. The van der Waals surface area contributed by atoms with Gasteiger partial charge < -0.3 is 14.4 Å². The molecule has 4 aromatic rings. The lowest BCUT2D eigenvalue weighted by atomic mass is 9.88. The van der Waals surface area contributed by atoms with Crippen LogP contribution in [-0.4, -0.2) is 31.4 Å². The molecular formula is C26H29N5O2S. The number of rotatable bonds is 5. The summed E-state index contributed by atoms with van der Waals surface area (Å²) in [5, 5.41) is 1.62. The molecule has 0 saturated heterocycles. The number of hydrogen-bond donors (Lipinski definition) is 2. The van der Waals surface area contributed by atoms with E-state index in [1.165, 1.54) is 36.6 Å². The average molecular weight is 476 g/mol. The molecule has 7 nitrogen and oxygen atoms in total. The van der Waals surface area contributed by atoms with Crippen molar-refractivity contribution in [1.82, 2.24) is 24.8 Å². The summed E-state index contributed by atoms with van der Waals surface area (Å²) in [4.78, 5) is 31.1. The van der Waals surface area contributed by atoms with Crippen LogP contribution >= 0.6 is 11.8 Å². The third kappa shape index (κ3) is 4.44. The Kier molecular flexibility index (Phi) is 5.79. The van der Waals surface area contributed by atoms with Crippen LogP contribution in [0.4, 0.5) is 0 Å². The number of nitrogens with one attached hydrogen (secondary N) is 2. The maximum absolute atomic E-state index is 12.9. The van der Waals surface area contributed by atoms with E-state index in [1.54, 1.807) is 0 Å². The molecule has 1 aliphatic carbocycles. The van der Waals surface area contributed by atoms with Crippen molar-refractivity contribution in [2.75, 3.05) is 6.54 Å². The number of furan rings is 1. The van der Waals surface area contributed by atoms with Crippen molar-refractivity contribution < 1.29 is 4.42 Å². The van der Waals surface area contributed by atoms with Crippen LogP contribution in [0.15, 0.2) is 49.8 Å². The molecule has 1 aromatic carbocycles. The number of benzene rings is 1. The van der Waals surface area contributed by atoms with E-state index in [2.05, 4.69) is 38.9 Å². The van der Waals surface area contributed by atoms with Crippen LogP contribution in [0.5, 0.6) is 0 Å². The summed E-state index contributed by atoms with van der Waals surface area (Å²) < 4.78 is 6.09. The Hall–Kier alpha value is -2.84. The van der Waals surface area contributed by atoms with Crippen molar-refractivity contribution in [2.45, 2.75) is 74.7 Å². The molecule has 0 spiro atoms. The molecule has 1 saturated carbocycles. The van der Waals surface area contributed by atoms with Crippen LogP contribution in [0.25, 0.3) is 11.0 Å². The molecule has 1 aliphatic heterocycles. The summed E-state index contributed by atoms with van der Waals surface area (Å²) in [6.07, 6.45) is 6.85. The molecule has 6 rings (SSSR count). The van der Waals surface area contributed by atoms with E-state index in [1.807, 2.05) is 18.2 Å². The first-order chi connectivity index (χ1) is 16.6. The van der Waals surface area contributed by atoms with Crippen LogP contribution in [-0.2, 0) is 19.5 Å². The maximum atomic E-state index is 12.9. The summed E-state index contributed by atoms with van der Waals surface area (Å²) in [7, 11) is 0. The van der Waals surface area contributed by atoms with Crippen molar-refractivity contribution in [3.8, 4) is 0 Å². The lowest BCUT2D eigenvalue weighted by Gasteiger charge is -2.28. The lowest BCUT2D eigenvalue weighted by Crippen LogP contribution is -2.36. The first-order valence-electron chi connectivity index (χ1n) is 12.2. The predicted molar refractivity (Wildman–Crippen MR) is 132 cm³/mol. The second kappa shape index (κ2) is 9.07. The van der Waals surface area contributed by atoms with Gasteiger partial charge in [-0.15, -0.1) is 0 Å². The molecule has 1 fully saturated rings. The second-order valence-corrected chi connectivity index (χ2v) is 10.6. The van der Waals surface area contributed by atoms with E-state index in [0.29, 0.717) is 19.0 Å². The Morgan fingerprint density at radius 3 is 2.88 bits per heavy atom. The highest BCUT2D eigenvalue weighted by Gasteiger charge is 2.25. The standard InChI is InChI=1S/C26H29N5O2S/c1-16-7-9-21-22(13-16)29-26(28-21)34-23-10-8-18(33-23)14-31-12-11-20-19(15-31)25(32)30-24(27-20)17-5-3-2-4-6-17/h7-10,13,17H,2-6,11-12,14-15H2,1H3,(H,28,29)(H,27,30,32). The molecule has 0 atom stereocenters. The Morgan fingerprint density at radius 2 is 2.00 bits per heavy atom. The van der Waals surface area contributed by atoms with E-state index in [-0.39, 0.29) is 5.56 Å². The average Bonchev–Trinajstić information content (AvgIpc) is 3.45. The van der Waals surface area contributed by atoms with Crippen LogP contribution < -0.4 is 5.56 Å². The zero-order valence-electron chi connectivity index (χ0n) is 19.4. The van der Waals surface area contributed by atoms with E-state index in [0.717, 1.165) is 69.9 Å². The molecule has 0 bridgehead atoms. The van der Waals surface area contributed by atoms with Gasteiger partial charge in [-0.1, -0.05) is 25.3 Å². The van der Waals surface area contributed by atoms with Gasteiger partial charge >= 0.3 is 0 Å². The summed E-state index contributed by atoms with van der Waals surface area (Å²) in [6.45, 7) is 4.22. The van der Waals surface area contributed by atoms with Crippen molar-refractivity contribution in [1.29, 1.82) is 0 Å². The third-order valence-electron chi connectivity index (χ3n) is 6.99. The minimum absolute atomic E-state index is 0.0334. The monoisotopic (exact) mass is 475 g/mol. The van der Waals surface area contributed by atoms with E-state index >= 15 is 0 Å². The molecule has 2 N–H and O–H groups in total. The normalized spacial score (nSPS) is 17.3. The van der Waals surface area contributed by atoms with Crippen LogP contribution in [0.3, 0.4) is 0 Å². The minimum atomic E-state index is 0.0334. The fourth-order valence-electron chi connectivity index (χ4n) is 5.17. The highest BCUT2D eigenvalue weighted by Crippen LogP contribution is 2.32. The van der Waals surface area contributed by atoms with Gasteiger partial charge in [0.2, 0.25) is 0 Å². The Labute approximate surface area is 202 Å². The van der Waals surface area contributed by atoms with Gasteiger partial charge in [0.1, 0.15) is 11.6 Å². The number of fused-ring (bicyclic) bond motifs is 2. The second-order valence-electron chi connectivity index (χ2n) is 9.56. The van der Waals surface area contributed by atoms with Crippen molar-refractivity contribution >= 4 is 22.8 Å². The number of aromatic nitrogens is 4. The fourth-order valence-corrected chi connectivity index (χ4v) is 5.95. The number of imidazole rings is 1. The molecule has 34 heavy (non-hydrogen) atoms. The van der Waals surface area contributed by atoms with E-state index in [4.69, 9.17) is 9.40 Å². The van der Waals surface area contributed by atoms with Gasteiger partial charge in [-0.25, -0.2) is 9.97 Å². The summed E-state index contributed by atoms with van der Waals surface area (Å²) in [5.41, 5.74) is 5.02. The highest BCUT2D eigenvalue weighted by molar-refractivity contribution is 7.99. The molecule has 2 aliphatic rings. The molecule has 0 amide bonds. The smallest absolute Gasteiger partial charge is 0.255 e. The third-order valence-corrected chi connectivity index (χ3v) is 7.79. The molecule has 0 unspecified atom stereocenters. The van der Waals surface area contributed by atoms with Gasteiger partial charge in [0, 0.05) is 25.4 Å². The molecular weight excluding hydrogens is 446 g/mol. The van der Waals surface area contributed by atoms with Gasteiger partial charge in [-0.2, -0.15) is 0 Å². The van der Waals surface area contributed by atoms with Crippen LogP contribution in [0.1, 0.15) is 66.4 Å². The number of aryl methyl sites for hydroxylation is 1. The zero-order chi connectivity index (χ0) is 23.1. The molecule has 176 valence electrons. The van der Waals surface area contributed by atoms with E-state index < -0.39 is 0 Å². The molecule has 0 radical (unpaired) electrons. The summed E-state index contributed by atoms with van der Waals surface area (Å²) >= 11 is 1.49. The minimum Gasteiger partial charge on any atom is -0.453 e. The Morgan fingerprint density at radius 1 is 1.12 bits per heavy atom. The topological polar surface area (TPSA) is 90.8 Å². The Balaban J connectivity index is 1.12. The van der Waals surface area contributed by atoms with Crippen molar-refractivity contribution in [3.05, 3.63) is 69.1 Å². The highest BCUT2D eigenvalue weighted by atomic mass is 32.2. The fraction of sp³-hybridized carbons (Fsp3) is 0.423. The van der Waals surface area contributed by atoms with Gasteiger partial charge in [-0.3, -0.25) is 9.69 Å². The maximum Gasteiger partial charge on any atom is 0.255 e. The van der Waals surface area contributed by atoms with E-state index in [9.17, 15) is 4.79 Å². The number of aromatic amines is 2. The van der Waals surface area contributed by atoms with Crippen LogP contribution in [0, 0.1) is 6.92 Å². The van der Waals surface area contributed by atoms with Crippen LogP contribution in [0.2, 0.25) is 0 Å². The van der Waals surface area contributed by atoms with Gasteiger partial charge in [-0.05, 0) is 61.4 Å². The first-order valence-corrected chi connectivity index (χ1v) is 13.0. The molecule has 8 heteroatoms. The van der Waals surface area contributed by atoms with Crippen molar-refractivity contribution in [3.63, 3.8) is 0 Å². The number of hydrogen-bond acceptors (Lipinski definition) is 6.